The van der Waals surface area contributed by atoms with Crippen LogP contribution in [0, 0.1) is 5.92 Å². The predicted molar refractivity (Wildman–Crippen MR) is 62.0 cm³/mol. The molecule has 0 aromatic heterocycles. The summed E-state index contributed by atoms with van der Waals surface area (Å²) >= 11 is 0. The fourth-order valence-electron chi connectivity index (χ4n) is 2.76. The van der Waals surface area contributed by atoms with E-state index in [1.54, 1.807) is 0 Å². The molecular formula is C12H24N2O. The average molecular weight is 212 g/mol. The Balaban J connectivity index is 1.83. The van der Waals surface area contributed by atoms with Gasteiger partial charge in [-0.2, -0.15) is 0 Å². The van der Waals surface area contributed by atoms with Gasteiger partial charge in [-0.25, -0.2) is 0 Å². The highest BCUT2D eigenvalue weighted by atomic mass is 16.5. The lowest BCUT2D eigenvalue weighted by atomic mass is 9.99. The molecule has 15 heavy (non-hydrogen) atoms. The summed E-state index contributed by atoms with van der Waals surface area (Å²) in [5.41, 5.74) is 0.0491. The fourth-order valence-corrected chi connectivity index (χ4v) is 2.76. The summed E-state index contributed by atoms with van der Waals surface area (Å²) in [7, 11) is 0. The van der Waals surface area contributed by atoms with Gasteiger partial charge in [0.1, 0.15) is 0 Å². The van der Waals surface area contributed by atoms with E-state index in [9.17, 15) is 0 Å². The average Bonchev–Trinajstić information content (AvgIpc) is 2.50. The zero-order valence-corrected chi connectivity index (χ0v) is 10.3. The molecule has 2 fully saturated rings. The van der Waals surface area contributed by atoms with Crippen LogP contribution >= 0.6 is 0 Å². The molecule has 0 amide bonds. The van der Waals surface area contributed by atoms with Crippen molar-refractivity contribution in [2.24, 2.45) is 5.92 Å². The number of hydrogen-bond donors (Lipinski definition) is 1. The van der Waals surface area contributed by atoms with Crippen molar-refractivity contribution >= 4 is 0 Å². The lowest BCUT2D eigenvalue weighted by Crippen LogP contribution is -2.50. The third kappa shape index (κ3) is 2.92. The maximum absolute atomic E-state index is 5.73. The Morgan fingerprint density at radius 3 is 2.87 bits per heavy atom. The Bertz CT molecular complexity index is 218. The minimum absolute atomic E-state index is 0.0491. The lowest BCUT2D eigenvalue weighted by Gasteiger charge is -2.39. The van der Waals surface area contributed by atoms with Crippen LogP contribution in [0.2, 0.25) is 0 Å². The number of rotatable bonds is 2. The Morgan fingerprint density at radius 1 is 1.47 bits per heavy atom. The molecule has 0 saturated carbocycles. The largest absolute Gasteiger partial charge is 0.373 e. The topological polar surface area (TPSA) is 24.5 Å². The third-order valence-corrected chi connectivity index (χ3v) is 3.69. The minimum atomic E-state index is 0.0491. The van der Waals surface area contributed by atoms with Crippen molar-refractivity contribution in [3.63, 3.8) is 0 Å². The van der Waals surface area contributed by atoms with Crippen LogP contribution in [0.15, 0.2) is 0 Å². The van der Waals surface area contributed by atoms with Gasteiger partial charge in [0, 0.05) is 25.7 Å². The molecule has 3 nitrogen and oxygen atoms in total. The van der Waals surface area contributed by atoms with Crippen LogP contribution in [0.3, 0.4) is 0 Å². The zero-order valence-electron chi connectivity index (χ0n) is 10.3. The lowest BCUT2D eigenvalue weighted by molar-refractivity contribution is -0.0891. The quantitative estimate of drug-likeness (QED) is 0.742. The highest BCUT2D eigenvalue weighted by Gasteiger charge is 2.31. The molecule has 0 aromatic rings. The van der Waals surface area contributed by atoms with Crippen molar-refractivity contribution in [3.05, 3.63) is 0 Å². The van der Waals surface area contributed by atoms with Crippen LogP contribution in [0.4, 0.5) is 0 Å². The molecule has 2 aliphatic heterocycles. The van der Waals surface area contributed by atoms with Crippen LogP contribution in [0.5, 0.6) is 0 Å². The third-order valence-electron chi connectivity index (χ3n) is 3.69. The Morgan fingerprint density at radius 2 is 2.27 bits per heavy atom. The second-order valence-electron chi connectivity index (χ2n) is 5.63. The van der Waals surface area contributed by atoms with Gasteiger partial charge in [-0.1, -0.05) is 0 Å². The number of morpholine rings is 1. The van der Waals surface area contributed by atoms with Crippen LogP contribution in [-0.2, 0) is 4.74 Å². The SMILES string of the molecule is CC1NCCC1CN1CCOC(C)(C)C1. The molecule has 2 rings (SSSR count). The Kier molecular flexibility index (Phi) is 3.33. The standard InChI is InChI=1S/C12H24N2O/c1-10-11(4-5-13-10)8-14-6-7-15-12(2,3)9-14/h10-11,13H,4-9H2,1-3H3. The highest BCUT2D eigenvalue weighted by Crippen LogP contribution is 2.21. The molecule has 0 radical (unpaired) electrons. The number of hydrogen-bond acceptors (Lipinski definition) is 3. The van der Waals surface area contributed by atoms with E-state index in [0.29, 0.717) is 6.04 Å². The van der Waals surface area contributed by atoms with Crippen molar-refractivity contribution in [1.29, 1.82) is 0 Å². The summed E-state index contributed by atoms with van der Waals surface area (Å²) < 4.78 is 5.73. The predicted octanol–water partition coefficient (Wildman–Crippen LogP) is 1.10. The number of nitrogens with one attached hydrogen (secondary N) is 1. The first-order valence-electron chi connectivity index (χ1n) is 6.16. The monoisotopic (exact) mass is 212 g/mol. The van der Waals surface area contributed by atoms with Crippen molar-refractivity contribution in [2.75, 3.05) is 32.8 Å². The van der Waals surface area contributed by atoms with Crippen molar-refractivity contribution in [2.45, 2.75) is 38.8 Å². The van der Waals surface area contributed by atoms with E-state index in [1.165, 1.54) is 19.5 Å². The fraction of sp³-hybridized carbons (Fsp3) is 1.00. The normalized spacial score (nSPS) is 37.0. The molecule has 0 spiro atoms. The van der Waals surface area contributed by atoms with Crippen molar-refractivity contribution in [3.8, 4) is 0 Å². The van der Waals surface area contributed by atoms with E-state index in [4.69, 9.17) is 4.74 Å². The van der Waals surface area contributed by atoms with Gasteiger partial charge >= 0.3 is 0 Å². The molecule has 2 unspecified atom stereocenters. The van der Waals surface area contributed by atoms with Gasteiger partial charge in [-0.3, -0.25) is 4.90 Å². The van der Waals surface area contributed by atoms with E-state index in [2.05, 4.69) is 31.0 Å². The van der Waals surface area contributed by atoms with Gasteiger partial charge in [0.2, 0.25) is 0 Å². The first-order chi connectivity index (χ1) is 7.07. The summed E-state index contributed by atoms with van der Waals surface area (Å²) in [4.78, 5) is 2.57. The van der Waals surface area contributed by atoms with Gasteiger partial charge in [0.05, 0.1) is 12.2 Å². The van der Waals surface area contributed by atoms with Crippen LogP contribution in [0.1, 0.15) is 27.2 Å². The molecule has 2 saturated heterocycles. The second kappa shape index (κ2) is 4.40. The van der Waals surface area contributed by atoms with Gasteiger partial charge in [0.15, 0.2) is 0 Å². The summed E-state index contributed by atoms with van der Waals surface area (Å²) in [6.45, 7) is 12.2. The van der Waals surface area contributed by atoms with Crippen LogP contribution < -0.4 is 5.32 Å². The highest BCUT2D eigenvalue weighted by molar-refractivity contribution is 4.86. The maximum Gasteiger partial charge on any atom is 0.0753 e. The smallest absolute Gasteiger partial charge is 0.0753 e. The maximum atomic E-state index is 5.73. The van der Waals surface area contributed by atoms with E-state index in [-0.39, 0.29) is 5.60 Å². The first-order valence-corrected chi connectivity index (χ1v) is 6.16. The molecule has 2 atom stereocenters. The molecule has 0 aromatic carbocycles. The summed E-state index contributed by atoms with van der Waals surface area (Å²) in [5, 5.41) is 3.52. The van der Waals surface area contributed by atoms with Crippen molar-refractivity contribution < 1.29 is 4.74 Å². The number of nitrogens with zero attached hydrogens (tertiary/aromatic N) is 1. The summed E-state index contributed by atoms with van der Waals surface area (Å²) in [6, 6.07) is 0.691. The van der Waals surface area contributed by atoms with Gasteiger partial charge in [-0.05, 0) is 39.7 Å². The van der Waals surface area contributed by atoms with Crippen molar-refractivity contribution in [1.82, 2.24) is 10.2 Å². The van der Waals surface area contributed by atoms with E-state index in [1.807, 2.05) is 0 Å². The molecule has 0 aliphatic carbocycles. The molecule has 2 heterocycles. The molecular weight excluding hydrogens is 188 g/mol. The zero-order chi connectivity index (χ0) is 10.9. The second-order valence-corrected chi connectivity index (χ2v) is 5.63. The van der Waals surface area contributed by atoms with Crippen LogP contribution in [0.25, 0.3) is 0 Å². The molecule has 0 bridgehead atoms. The Labute approximate surface area is 93.2 Å². The minimum Gasteiger partial charge on any atom is -0.373 e. The summed E-state index contributed by atoms with van der Waals surface area (Å²) in [6.07, 6.45) is 1.33. The molecule has 88 valence electrons. The molecule has 1 N–H and O–H groups in total. The van der Waals surface area contributed by atoms with Gasteiger partial charge in [-0.15, -0.1) is 0 Å². The van der Waals surface area contributed by atoms with E-state index >= 15 is 0 Å². The van der Waals surface area contributed by atoms with Crippen LogP contribution in [-0.4, -0.2) is 49.3 Å². The van der Waals surface area contributed by atoms with Gasteiger partial charge < -0.3 is 10.1 Å². The number of ether oxygens (including phenoxy) is 1. The van der Waals surface area contributed by atoms with Gasteiger partial charge in [0.25, 0.3) is 0 Å². The van der Waals surface area contributed by atoms with E-state index < -0.39 is 0 Å². The summed E-state index contributed by atoms with van der Waals surface area (Å²) in [5.74, 6) is 0.832. The van der Waals surface area contributed by atoms with E-state index in [0.717, 1.165) is 25.6 Å². The molecule has 3 heteroatoms. The molecule has 2 aliphatic rings. The first kappa shape index (κ1) is 11.4. The Hall–Kier alpha value is -0.120.